The third-order valence-corrected chi connectivity index (χ3v) is 4.34. The van der Waals surface area contributed by atoms with Crippen LogP contribution in [0.25, 0.3) is 0 Å². The molecular formula is C13H26N2O. The van der Waals surface area contributed by atoms with E-state index in [9.17, 15) is 5.11 Å². The van der Waals surface area contributed by atoms with E-state index in [0.29, 0.717) is 6.61 Å². The molecule has 0 spiro atoms. The normalized spacial score (nSPS) is 26.8. The molecule has 0 amide bonds. The van der Waals surface area contributed by atoms with Gasteiger partial charge in [-0.2, -0.15) is 0 Å². The number of nitrogens with one attached hydrogen (secondary N) is 2. The van der Waals surface area contributed by atoms with Gasteiger partial charge in [0.1, 0.15) is 0 Å². The van der Waals surface area contributed by atoms with E-state index in [1.54, 1.807) is 0 Å². The first-order valence-corrected chi connectivity index (χ1v) is 6.91. The number of aliphatic hydroxyl groups excluding tert-OH is 1. The first kappa shape index (κ1) is 12.3. The predicted molar refractivity (Wildman–Crippen MR) is 66.5 cm³/mol. The summed E-state index contributed by atoms with van der Waals surface area (Å²) in [5.74, 6) is 0.812. The second kappa shape index (κ2) is 5.99. The van der Waals surface area contributed by atoms with Crippen molar-refractivity contribution in [2.45, 2.75) is 50.5 Å². The maximum absolute atomic E-state index is 9.60. The Morgan fingerprint density at radius 3 is 2.44 bits per heavy atom. The van der Waals surface area contributed by atoms with E-state index in [1.807, 2.05) is 0 Å². The zero-order valence-electron chi connectivity index (χ0n) is 10.3. The average molecular weight is 226 g/mol. The van der Waals surface area contributed by atoms with Crippen LogP contribution < -0.4 is 10.6 Å². The van der Waals surface area contributed by atoms with Crippen LogP contribution in [0.1, 0.15) is 44.9 Å². The molecule has 1 saturated heterocycles. The van der Waals surface area contributed by atoms with Crippen LogP contribution in [0, 0.1) is 5.92 Å². The molecule has 0 aromatic carbocycles. The van der Waals surface area contributed by atoms with Gasteiger partial charge in [0.25, 0.3) is 0 Å². The molecule has 3 heteroatoms. The van der Waals surface area contributed by atoms with Crippen LogP contribution in [-0.4, -0.2) is 36.9 Å². The molecule has 0 atom stereocenters. The van der Waals surface area contributed by atoms with Crippen molar-refractivity contribution < 1.29 is 5.11 Å². The van der Waals surface area contributed by atoms with Crippen molar-refractivity contribution in [3.8, 4) is 0 Å². The Balaban J connectivity index is 1.77. The van der Waals surface area contributed by atoms with Crippen molar-refractivity contribution in [1.29, 1.82) is 0 Å². The maximum atomic E-state index is 9.60. The molecule has 1 aliphatic heterocycles. The molecular weight excluding hydrogens is 200 g/mol. The van der Waals surface area contributed by atoms with Crippen LogP contribution in [0.2, 0.25) is 0 Å². The monoisotopic (exact) mass is 226 g/mol. The minimum atomic E-state index is 0.0587. The minimum absolute atomic E-state index is 0.0587. The molecule has 16 heavy (non-hydrogen) atoms. The highest BCUT2D eigenvalue weighted by Gasteiger charge is 2.31. The molecule has 0 unspecified atom stereocenters. The second-order valence-electron chi connectivity index (χ2n) is 5.57. The topological polar surface area (TPSA) is 44.3 Å². The first-order valence-electron chi connectivity index (χ1n) is 6.91. The summed E-state index contributed by atoms with van der Waals surface area (Å²) < 4.78 is 0. The highest BCUT2D eigenvalue weighted by molar-refractivity contribution is 4.91. The van der Waals surface area contributed by atoms with E-state index < -0.39 is 0 Å². The number of aliphatic hydroxyl groups is 1. The lowest BCUT2D eigenvalue weighted by atomic mass is 9.81. The molecule has 2 rings (SSSR count). The van der Waals surface area contributed by atoms with Crippen LogP contribution in [0.3, 0.4) is 0 Å². The van der Waals surface area contributed by atoms with E-state index in [1.165, 1.54) is 45.2 Å². The van der Waals surface area contributed by atoms with Gasteiger partial charge < -0.3 is 15.7 Å². The van der Waals surface area contributed by atoms with Gasteiger partial charge in [-0.25, -0.2) is 0 Å². The van der Waals surface area contributed by atoms with Crippen molar-refractivity contribution in [1.82, 2.24) is 10.6 Å². The van der Waals surface area contributed by atoms with Gasteiger partial charge in [0.2, 0.25) is 0 Å². The molecule has 0 bridgehead atoms. The number of rotatable bonds is 4. The first-order chi connectivity index (χ1) is 7.85. The molecule has 1 heterocycles. The molecule has 2 fully saturated rings. The number of hydrogen-bond acceptors (Lipinski definition) is 3. The fraction of sp³-hybridized carbons (Fsp3) is 1.00. The smallest absolute Gasteiger partial charge is 0.0613 e. The Kier molecular flexibility index (Phi) is 4.62. The highest BCUT2D eigenvalue weighted by Crippen LogP contribution is 2.28. The average Bonchev–Trinajstić information content (AvgIpc) is 2.39. The Labute approximate surface area is 99.0 Å². The summed E-state index contributed by atoms with van der Waals surface area (Å²) in [6.45, 7) is 3.75. The van der Waals surface area contributed by atoms with Gasteiger partial charge in [-0.15, -0.1) is 0 Å². The van der Waals surface area contributed by atoms with E-state index >= 15 is 0 Å². The SMILES string of the molecule is OCC1(NCC2CCNCC2)CCCCC1. The van der Waals surface area contributed by atoms with E-state index in [4.69, 9.17) is 0 Å². The van der Waals surface area contributed by atoms with Crippen molar-refractivity contribution in [2.24, 2.45) is 5.92 Å². The fourth-order valence-corrected chi connectivity index (χ4v) is 3.07. The van der Waals surface area contributed by atoms with Gasteiger partial charge in [-0.05, 0) is 51.2 Å². The molecule has 0 radical (unpaired) electrons. The molecule has 3 nitrogen and oxygen atoms in total. The van der Waals surface area contributed by atoms with Crippen LogP contribution in [-0.2, 0) is 0 Å². The van der Waals surface area contributed by atoms with Crippen LogP contribution >= 0.6 is 0 Å². The summed E-state index contributed by atoms with van der Waals surface area (Å²) in [6.07, 6.45) is 8.79. The largest absolute Gasteiger partial charge is 0.394 e. The van der Waals surface area contributed by atoms with Gasteiger partial charge in [-0.3, -0.25) is 0 Å². The van der Waals surface area contributed by atoms with Gasteiger partial charge in [-0.1, -0.05) is 19.3 Å². The number of hydrogen-bond donors (Lipinski definition) is 3. The van der Waals surface area contributed by atoms with Gasteiger partial charge in [0, 0.05) is 5.54 Å². The maximum Gasteiger partial charge on any atom is 0.0613 e. The highest BCUT2D eigenvalue weighted by atomic mass is 16.3. The van der Waals surface area contributed by atoms with Gasteiger partial charge in [0.05, 0.1) is 6.61 Å². The molecule has 1 saturated carbocycles. The Morgan fingerprint density at radius 2 is 1.81 bits per heavy atom. The molecule has 0 aromatic heterocycles. The van der Waals surface area contributed by atoms with E-state index in [0.717, 1.165) is 25.3 Å². The Morgan fingerprint density at radius 1 is 1.12 bits per heavy atom. The summed E-state index contributed by atoms with van der Waals surface area (Å²) in [7, 11) is 0. The minimum Gasteiger partial charge on any atom is -0.394 e. The van der Waals surface area contributed by atoms with Gasteiger partial charge >= 0.3 is 0 Å². The van der Waals surface area contributed by atoms with E-state index in [-0.39, 0.29) is 5.54 Å². The summed E-state index contributed by atoms with van der Waals surface area (Å²) in [4.78, 5) is 0. The second-order valence-corrected chi connectivity index (χ2v) is 5.57. The Hall–Kier alpha value is -0.120. The fourth-order valence-electron chi connectivity index (χ4n) is 3.07. The number of piperidine rings is 1. The van der Waals surface area contributed by atoms with Crippen molar-refractivity contribution in [3.63, 3.8) is 0 Å². The predicted octanol–water partition coefficient (Wildman–Crippen LogP) is 1.27. The lowest BCUT2D eigenvalue weighted by molar-refractivity contribution is 0.114. The standard InChI is InChI=1S/C13H26N2O/c16-11-13(6-2-1-3-7-13)15-10-12-4-8-14-9-5-12/h12,14-16H,1-11H2. The summed E-state index contributed by atoms with van der Waals surface area (Å²) in [6, 6.07) is 0. The summed E-state index contributed by atoms with van der Waals surface area (Å²) in [5.41, 5.74) is 0.0587. The zero-order chi connectivity index (χ0) is 11.3. The lowest BCUT2D eigenvalue weighted by Gasteiger charge is -2.38. The summed E-state index contributed by atoms with van der Waals surface area (Å²) >= 11 is 0. The molecule has 0 aromatic rings. The lowest BCUT2D eigenvalue weighted by Crippen LogP contribution is -2.52. The van der Waals surface area contributed by atoms with Crippen molar-refractivity contribution in [2.75, 3.05) is 26.2 Å². The molecule has 1 aliphatic carbocycles. The third kappa shape index (κ3) is 3.19. The molecule has 3 N–H and O–H groups in total. The van der Waals surface area contributed by atoms with Crippen molar-refractivity contribution in [3.05, 3.63) is 0 Å². The van der Waals surface area contributed by atoms with Crippen LogP contribution in [0.15, 0.2) is 0 Å². The Bertz CT molecular complexity index is 196. The van der Waals surface area contributed by atoms with Gasteiger partial charge in [0.15, 0.2) is 0 Å². The third-order valence-electron chi connectivity index (χ3n) is 4.34. The zero-order valence-corrected chi connectivity index (χ0v) is 10.3. The molecule has 94 valence electrons. The molecule has 2 aliphatic rings. The summed E-state index contributed by atoms with van der Waals surface area (Å²) in [5, 5.41) is 16.7. The van der Waals surface area contributed by atoms with Crippen LogP contribution in [0.5, 0.6) is 0 Å². The quantitative estimate of drug-likeness (QED) is 0.676. The van der Waals surface area contributed by atoms with Crippen LogP contribution in [0.4, 0.5) is 0 Å². The van der Waals surface area contributed by atoms with E-state index in [2.05, 4.69) is 10.6 Å². The van der Waals surface area contributed by atoms with Crippen molar-refractivity contribution >= 4 is 0 Å².